The molecule has 2 aromatic rings. The van der Waals surface area contributed by atoms with E-state index >= 15 is 0 Å². The molecule has 0 saturated heterocycles. The number of benzene rings is 1. The molecule has 1 heterocycles. The first-order valence-electron chi connectivity index (χ1n) is 9.67. The Bertz CT molecular complexity index is 758. The summed E-state index contributed by atoms with van der Waals surface area (Å²) in [6.07, 6.45) is 5.95. The summed E-state index contributed by atoms with van der Waals surface area (Å²) in [6.45, 7) is 6.56. The first kappa shape index (κ1) is 19.9. The van der Waals surface area contributed by atoms with Gasteiger partial charge in [0.05, 0.1) is 5.75 Å². The van der Waals surface area contributed by atoms with Crippen molar-refractivity contribution in [3.8, 4) is 11.5 Å². The Labute approximate surface area is 165 Å². The molecule has 146 valence electrons. The lowest BCUT2D eigenvalue weighted by Gasteiger charge is -2.31. The predicted octanol–water partition coefficient (Wildman–Crippen LogP) is 4.92. The lowest BCUT2D eigenvalue weighted by atomic mass is 9.87. The van der Waals surface area contributed by atoms with E-state index in [-0.39, 0.29) is 11.3 Å². The summed E-state index contributed by atoms with van der Waals surface area (Å²) >= 11 is 1.31. The molecule has 1 aromatic heterocycles. The molecule has 1 saturated carbocycles. The van der Waals surface area contributed by atoms with Crippen molar-refractivity contribution in [3.63, 3.8) is 0 Å². The number of amides is 1. The predicted molar refractivity (Wildman–Crippen MR) is 109 cm³/mol. The molecule has 0 spiro atoms. The molecule has 1 amide bonds. The monoisotopic (exact) mass is 387 g/mol. The van der Waals surface area contributed by atoms with Crippen LogP contribution in [0, 0.1) is 0 Å². The fourth-order valence-corrected chi connectivity index (χ4v) is 4.08. The summed E-state index contributed by atoms with van der Waals surface area (Å²) in [7, 11) is 1.91. The highest BCUT2D eigenvalue weighted by atomic mass is 32.2. The van der Waals surface area contributed by atoms with Crippen molar-refractivity contribution < 1.29 is 9.21 Å². The van der Waals surface area contributed by atoms with E-state index in [0.29, 0.717) is 22.9 Å². The molecule has 1 aliphatic rings. The zero-order valence-electron chi connectivity index (χ0n) is 16.7. The highest BCUT2D eigenvalue weighted by molar-refractivity contribution is 7.99. The quantitative estimate of drug-likeness (QED) is 0.682. The summed E-state index contributed by atoms with van der Waals surface area (Å²) < 4.78 is 5.74. The summed E-state index contributed by atoms with van der Waals surface area (Å²) in [6, 6.07) is 8.57. The Morgan fingerprint density at radius 3 is 2.44 bits per heavy atom. The van der Waals surface area contributed by atoms with Crippen molar-refractivity contribution in [1.82, 2.24) is 15.1 Å². The molecule has 0 bridgehead atoms. The summed E-state index contributed by atoms with van der Waals surface area (Å²) in [5, 5.41) is 8.65. The minimum atomic E-state index is 0.110. The van der Waals surface area contributed by atoms with Gasteiger partial charge in [-0.2, -0.15) is 0 Å². The number of aromatic nitrogens is 2. The third-order valence-corrected chi connectivity index (χ3v) is 6.04. The molecule has 0 N–H and O–H groups in total. The molecular formula is C21H29N3O2S. The lowest BCUT2D eigenvalue weighted by molar-refractivity contribution is -0.129. The van der Waals surface area contributed by atoms with Gasteiger partial charge in [0.1, 0.15) is 0 Å². The number of nitrogens with zero attached hydrogens (tertiary/aromatic N) is 3. The van der Waals surface area contributed by atoms with Crippen molar-refractivity contribution in [3.05, 3.63) is 29.8 Å². The van der Waals surface area contributed by atoms with Crippen LogP contribution < -0.4 is 0 Å². The number of rotatable bonds is 5. The summed E-state index contributed by atoms with van der Waals surface area (Å²) in [5.74, 6) is 0.949. The maximum Gasteiger partial charge on any atom is 0.277 e. The second kappa shape index (κ2) is 8.46. The van der Waals surface area contributed by atoms with Gasteiger partial charge in [0.2, 0.25) is 11.8 Å². The number of carbonyl (C=O) groups is 1. The number of hydrogen-bond donors (Lipinski definition) is 0. The van der Waals surface area contributed by atoms with Gasteiger partial charge >= 0.3 is 0 Å². The van der Waals surface area contributed by atoms with Crippen LogP contribution in [0.3, 0.4) is 0 Å². The van der Waals surface area contributed by atoms with Crippen LogP contribution >= 0.6 is 11.8 Å². The van der Waals surface area contributed by atoms with Crippen LogP contribution in [0.25, 0.3) is 11.5 Å². The highest BCUT2D eigenvalue weighted by Crippen LogP contribution is 2.28. The molecule has 0 radical (unpaired) electrons. The summed E-state index contributed by atoms with van der Waals surface area (Å²) in [4.78, 5) is 14.3. The molecule has 27 heavy (non-hydrogen) atoms. The lowest BCUT2D eigenvalue weighted by Crippen LogP contribution is -2.39. The van der Waals surface area contributed by atoms with Crippen molar-refractivity contribution in [1.29, 1.82) is 0 Å². The van der Waals surface area contributed by atoms with Gasteiger partial charge in [-0.15, -0.1) is 10.2 Å². The average molecular weight is 388 g/mol. The number of thioether (sulfide) groups is 1. The van der Waals surface area contributed by atoms with Crippen LogP contribution in [0.1, 0.15) is 58.4 Å². The van der Waals surface area contributed by atoms with Gasteiger partial charge in [-0.25, -0.2) is 0 Å². The van der Waals surface area contributed by atoms with E-state index in [1.165, 1.54) is 36.6 Å². The SMILES string of the molecule is CN(C(=O)CSc1nnc(-c2ccc(C(C)(C)C)cc2)o1)C1CCCCC1. The van der Waals surface area contributed by atoms with Gasteiger partial charge in [0, 0.05) is 18.7 Å². The topological polar surface area (TPSA) is 59.2 Å². The van der Waals surface area contributed by atoms with Gasteiger partial charge in [0.15, 0.2) is 0 Å². The zero-order valence-corrected chi connectivity index (χ0v) is 17.5. The number of hydrogen-bond acceptors (Lipinski definition) is 5. The van der Waals surface area contributed by atoms with Gasteiger partial charge < -0.3 is 9.32 Å². The molecule has 0 unspecified atom stereocenters. The molecule has 1 fully saturated rings. The molecular weight excluding hydrogens is 358 g/mol. The fraction of sp³-hybridized carbons (Fsp3) is 0.571. The van der Waals surface area contributed by atoms with E-state index in [2.05, 4.69) is 43.1 Å². The van der Waals surface area contributed by atoms with Gasteiger partial charge in [-0.05, 0) is 36.0 Å². The molecule has 3 rings (SSSR count). The minimum Gasteiger partial charge on any atom is -0.411 e. The van der Waals surface area contributed by atoms with Gasteiger partial charge in [-0.3, -0.25) is 4.79 Å². The van der Waals surface area contributed by atoms with E-state index in [4.69, 9.17) is 4.42 Å². The van der Waals surface area contributed by atoms with E-state index < -0.39 is 0 Å². The van der Waals surface area contributed by atoms with Crippen molar-refractivity contribution in [2.45, 2.75) is 69.6 Å². The van der Waals surface area contributed by atoms with Crippen LogP contribution in [-0.2, 0) is 10.2 Å². The van der Waals surface area contributed by atoms with E-state index in [9.17, 15) is 4.79 Å². The maximum absolute atomic E-state index is 12.4. The van der Waals surface area contributed by atoms with Crippen LogP contribution in [0.4, 0.5) is 0 Å². The van der Waals surface area contributed by atoms with E-state index in [0.717, 1.165) is 18.4 Å². The number of carbonyl (C=O) groups excluding carboxylic acids is 1. The normalized spacial score (nSPS) is 15.7. The van der Waals surface area contributed by atoms with E-state index in [1.54, 1.807) is 0 Å². The maximum atomic E-state index is 12.4. The Morgan fingerprint density at radius 2 is 1.81 bits per heavy atom. The second-order valence-electron chi connectivity index (χ2n) is 8.29. The summed E-state index contributed by atoms with van der Waals surface area (Å²) in [5.41, 5.74) is 2.27. The molecule has 1 aromatic carbocycles. The van der Waals surface area contributed by atoms with Crippen molar-refractivity contribution in [2.24, 2.45) is 0 Å². The first-order chi connectivity index (χ1) is 12.8. The second-order valence-corrected chi connectivity index (χ2v) is 9.21. The van der Waals surface area contributed by atoms with Gasteiger partial charge in [0.25, 0.3) is 5.22 Å². The Balaban J connectivity index is 1.57. The Kier molecular flexibility index (Phi) is 6.25. The minimum absolute atomic E-state index is 0.110. The molecule has 0 atom stereocenters. The Morgan fingerprint density at radius 1 is 1.15 bits per heavy atom. The van der Waals surface area contributed by atoms with Crippen LogP contribution in [-0.4, -0.2) is 39.8 Å². The molecule has 6 heteroatoms. The Hall–Kier alpha value is -1.82. The first-order valence-corrected chi connectivity index (χ1v) is 10.7. The van der Waals surface area contributed by atoms with Crippen LogP contribution in [0.5, 0.6) is 0 Å². The van der Waals surface area contributed by atoms with E-state index in [1.807, 2.05) is 24.1 Å². The smallest absolute Gasteiger partial charge is 0.277 e. The third-order valence-electron chi connectivity index (χ3n) is 5.24. The highest BCUT2D eigenvalue weighted by Gasteiger charge is 2.22. The van der Waals surface area contributed by atoms with Crippen molar-refractivity contribution >= 4 is 17.7 Å². The standard InChI is InChI=1S/C21H29N3O2S/c1-21(2,3)16-12-10-15(11-13-16)19-22-23-20(26-19)27-14-18(25)24(4)17-8-6-5-7-9-17/h10-13,17H,5-9,14H2,1-4H3. The average Bonchev–Trinajstić information content (AvgIpc) is 3.14. The van der Waals surface area contributed by atoms with Crippen LogP contribution in [0.15, 0.2) is 33.9 Å². The third kappa shape index (κ3) is 5.12. The molecule has 0 aliphatic heterocycles. The largest absolute Gasteiger partial charge is 0.411 e. The van der Waals surface area contributed by atoms with Gasteiger partial charge in [-0.1, -0.05) is 63.9 Å². The molecule has 1 aliphatic carbocycles. The van der Waals surface area contributed by atoms with Crippen molar-refractivity contribution in [2.75, 3.05) is 12.8 Å². The zero-order chi connectivity index (χ0) is 19.4. The fourth-order valence-electron chi connectivity index (χ4n) is 3.39. The van der Waals surface area contributed by atoms with Crippen LogP contribution in [0.2, 0.25) is 0 Å². The molecule has 5 nitrogen and oxygen atoms in total.